The van der Waals surface area contributed by atoms with E-state index in [0.29, 0.717) is 23.7 Å². The van der Waals surface area contributed by atoms with Crippen molar-refractivity contribution in [3.05, 3.63) is 18.2 Å². The number of hydrogen-bond acceptors (Lipinski definition) is 4. The maximum Gasteiger partial charge on any atom is 0.247 e. The Bertz CT molecular complexity index is 831. The molecule has 4 saturated carbocycles. The number of nitrogens with one attached hydrogen (secondary N) is 1. The highest BCUT2D eigenvalue weighted by Crippen LogP contribution is 2.60. The molecule has 0 aromatic heterocycles. The molecule has 1 saturated heterocycles. The molecule has 0 radical (unpaired) electrons. The van der Waals surface area contributed by atoms with Crippen molar-refractivity contribution < 1.29 is 19.1 Å². The third-order valence-corrected chi connectivity index (χ3v) is 7.95. The fourth-order valence-electron chi connectivity index (χ4n) is 7.16. The monoisotopic (exact) mass is 396 g/mol. The van der Waals surface area contributed by atoms with Crippen LogP contribution >= 0.6 is 0 Å². The van der Waals surface area contributed by atoms with E-state index in [-0.39, 0.29) is 30.1 Å². The van der Waals surface area contributed by atoms with E-state index in [0.717, 1.165) is 49.9 Å². The van der Waals surface area contributed by atoms with Crippen molar-refractivity contribution in [2.45, 2.75) is 57.4 Å². The number of hydrogen-bond donors (Lipinski definition) is 1. The molecular formula is C23H28N2O4. The van der Waals surface area contributed by atoms with Crippen LogP contribution in [0.2, 0.25) is 0 Å². The van der Waals surface area contributed by atoms with E-state index in [1.54, 1.807) is 6.07 Å². The normalized spacial score (nSPS) is 36.5. The highest BCUT2D eigenvalue weighted by molar-refractivity contribution is 5.98. The van der Waals surface area contributed by atoms with E-state index in [2.05, 4.69) is 5.32 Å². The topological polar surface area (TPSA) is 67.9 Å². The Labute approximate surface area is 170 Å². The molecule has 6 aliphatic rings. The molecule has 0 spiro atoms. The van der Waals surface area contributed by atoms with Crippen LogP contribution in [0, 0.1) is 23.2 Å². The van der Waals surface area contributed by atoms with Crippen LogP contribution in [-0.2, 0) is 9.59 Å². The zero-order valence-corrected chi connectivity index (χ0v) is 16.7. The molecule has 1 atom stereocenters. The Kier molecular flexibility index (Phi) is 3.87. The Morgan fingerprint density at radius 2 is 1.69 bits per heavy atom. The SMILES string of the molecule is O=C(Nc1ccc2c(c1)OCO2)[C@H]1CCCN1C(=O)C12CC3CC(CC(C3)C1)C2. The van der Waals surface area contributed by atoms with E-state index in [9.17, 15) is 9.59 Å². The zero-order valence-electron chi connectivity index (χ0n) is 16.7. The molecule has 6 nitrogen and oxygen atoms in total. The van der Waals surface area contributed by atoms with Crippen molar-refractivity contribution in [2.24, 2.45) is 23.2 Å². The predicted octanol–water partition coefficient (Wildman–Crippen LogP) is 3.56. The number of carbonyl (C=O) groups excluding carboxylic acids is 2. The summed E-state index contributed by atoms with van der Waals surface area (Å²) in [6.07, 6.45) is 8.74. The van der Waals surface area contributed by atoms with Crippen LogP contribution in [-0.4, -0.2) is 36.1 Å². The first kappa shape index (κ1) is 17.6. The lowest BCUT2D eigenvalue weighted by Gasteiger charge is -2.56. The average Bonchev–Trinajstić information content (AvgIpc) is 3.35. The van der Waals surface area contributed by atoms with Gasteiger partial charge in [0.05, 0.1) is 5.41 Å². The van der Waals surface area contributed by atoms with E-state index in [4.69, 9.17) is 9.47 Å². The van der Waals surface area contributed by atoms with Crippen LogP contribution in [0.3, 0.4) is 0 Å². The summed E-state index contributed by atoms with van der Waals surface area (Å²) in [5.41, 5.74) is 0.504. The summed E-state index contributed by atoms with van der Waals surface area (Å²) < 4.78 is 10.7. The standard InChI is InChI=1S/C23H28N2O4/c26-21(24-17-3-4-19-20(9-17)29-13-28-19)18-2-1-5-25(18)22(27)23-10-14-6-15(11-23)8-16(7-14)12-23/h3-4,9,14-16,18H,1-2,5-8,10-13H2,(H,24,26)/t14?,15?,16?,18-,23?/m1/s1. The Morgan fingerprint density at radius 3 is 2.41 bits per heavy atom. The maximum atomic E-state index is 13.7. The second kappa shape index (κ2) is 6.38. The number of amides is 2. The fourth-order valence-corrected chi connectivity index (χ4v) is 7.16. The first-order chi connectivity index (χ1) is 14.1. The summed E-state index contributed by atoms with van der Waals surface area (Å²) in [6, 6.07) is 5.07. The van der Waals surface area contributed by atoms with Crippen molar-refractivity contribution in [3.8, 4) is 11.5 Å². The lowest BCUT2D eigenvalue weighted by molar-refractivity contribution is -0.160. The number of benzene rings is 1. The second-order valence-electron chi connectivity index (χ2n) is 9.91. The van der Waals surface area contributed by atoms with Crippen molar-refractivity contribution in [1.29, 1.82) is 0 Å². The van der Waals surface area contributed by atoms with Gasteiger partial charge in [0.1, 0.15) is 6.04 Å². The number of rotatable bonds is 3. The van der Waals surface area contributed by atoms with E-state index < -0.39 is 0 Å². The summed E-state index contributed by atoms with van der Waals surface area (Å²) in [5, 5.41) is 3.00. The zero-order chi connectivity index (χ0) is 19.6. The number of carbonyl (C=O) groups is 2. The van der Waals surface area contributed by atoms with Crippen LogP contribution in [0.5, 0.6) is 11.5 Å². The van der Waals surface area contributed by atoms with Crippen LogP contribution in [0.4, 0.5) is 5.69 Å². The van der Waals surface area contributed by atoms with Crippen molar-refractivity contribution >= 4 is 17.5 Å². The summed E-state index contributed by atoms with van der Waals surface area (Å²) in [4.78, 5) is 28.7. The van der Waals surface area contributed by atoms with Gasteiger partial charge in [0.25, 0.3) is 0 Å². The summed E-state index contributed by atoms with van der Waals surface area (Å²) in [5.74, 6) is 3.72. The van der Waals surface area contributed by atoms with Gasteiger partial charge in [-0.05, 0) is 81.3 Å². The molecule has 7 rings (SSSR count). The lowest BCUT2D eigenvalue weighted by atomic mass is 9.49. The molecule has 5 fully saturated rings. The van der Waals surface area contributed by atoms with Crippen LogP contribution in [0.15, 0.2) is 18.2 Å². The van der Waals surface area contributed by atoms with Gasteiger partial charge in [0.2, 0.25) is 18.6 Å². The van der Waals surface area contributed by atoms with E-state index >= 15 is 0 Å². The minimum Gasteiger partial charge on any atom is -0.454 e. The Balaban J connectivity index is 1.19. The predicted molar refractivity (Wildman–Crippen MR) is 107 cm³/mol. The highest BCUT2D eigenvalue weighted by Gasteiger charge is 2.56. The molecule has 154 valence electrons. The first-order valence-electron chi connectivity index (χ1n) is 11.1. The molecular weight excluding hydrogens is 368 g/mol. The number of fused-ring (bicyclic) bond motifs is 1. The van der Waals surface area contributed by atoms with Gasteiger partial charge in [-0.1, -0.05) is 0 Å². The van der Waals surface area contributed by atoms with Gasteiger partial charge in [-0.25, -0.2) is 0 Å². The van der Waals surface area contributed by atoms with Gasteiger partial charge < -0.3 is 19.7 Å². The molecule has 29 heavy (non-hydrogen) atoms. The Morgan fingerprint density at radius 1 is 1.00 bits per heavy atom. The van der Waals surface area contributed by atoms with Gasteiger partial charge in [0.15, 0.2) is 11.5 Å². The van der Waals surface area contributed by atoms with Crippen LogP contribution in [0.25, 0.3) is 0 Å². The average molecular weight is 396 g/mol. The minimum atomic E-state index is -0.360. The van der Waals surface area contributed by atoms with Crippen molar-refractivity contribution in [2.75, 3.05) is 18.7 Å². The largest absolute Gasteiger partial charge is 0.454 e. The molecule has 1 N–H and O–H groups in total. The van der Waals surface area contributed by atoms with Gasteiger partial charge in [-0.3, -0.25) is 9.59 Å². The molecule has 2 heterocycles. The van der Waals surface area contributed by atoms with Gasteiger partial charge >= 0.3 is 0 Å². The summed E-state index contributed by atoms with van der Waals surface area (Å²) in [7, 11) is 0. The number of ether oxygens (including phenoxy) is 2. The molecule has 4 bridgehead atoms. The van der Waals surface area contributed by atoms with Gasteiger partial charge in [0, 0.05) is 18.3 Å². The van der Waals surface area contributed by atoms with Crippen molar-refractivity contribution in [1.82, 2.24) is 4.90 Å². The first-order valence-corrected chi connectivity index (χ1v) is 11.1. The van der Waals surface area contributed by atoms with Crippen LogP contribution in [0.1, 0.15) is 51.4 Å². The number of nitrogens with zero attached hydrogens (tertiary/aromatic N) is 1. The third-order valence-electron chi connectivity index (χ3n) is 7.95. The third kappa shape index (κ3) is 2.82. The maximum absolute atomic E-state index is 13.7. The molecule has 1 aromatic carbocycles. The summed E-state index contributed by atoms with van der Waals surface area (Å²) in [6.45, 7) is 0.919. The second-order valence-corrected chi connectivity index (χ2v) is 9.91. The summed E-state index contributed by atoms with van der Waals surface area (Å²) >= 11 is 0. The number of anilines is 1. The Hall–Kier alpha value is -2.24. The smallest absolute Gasteiger partial charge is 0.247 e. The van der Waals surface area contributed by atoms with Crippen LogP contribution < -0.4 is 14.8 Å². The molecule has 0 unspecified atom stereocenters. The molecule has 2 aliphatic heterocycles. The quantitative estimate of drug-likeness (QED) is 0.848. The molecule has 1 aromatic rings. The van der Waals surface area contributed by atoms with E-state index in [1.807, 2.05) is 17.0 Å². The molecule has 2 amide bonds. The highest BCUT2D eigenvalue weighted by atomic mass is 16.7. The van der Waals surface area contributed by atoms with Crippen molar-refractivity contribution in [3.63, 3.8) is 0 Å². The molecule has 6 heteroatoms. The molecule has 4 aliphatic carbocycles. The van der Waals surface area contributed by atoms with Gasteiger partial charge in [-0.15, -0.1) is 0 Å². The number of likely N-dealkylation sites (tertiary alicyclic amines) is 1. The lowest BCUT2D eigenvalue weighted by Crippen LogP contribution is -2.56. The van der Waals surface area contributed by atoms with E-state index in [1.165, 1.54) is 19.3 Å². The van der Waals surface area contributed by atoms with Gasteiger partial charge in [-0.2, -0.15) is 0 Å². The minimum absolute atomic E-state index is 0.0838. The fraction of sp³-hybridized carbons (Fsp3) is 0.652.